The number of fused-ring (bicyclic) bond motifs is 2. The molecule has 0 bridgehead atoms. The molecule has 0 atom stereocenters. The standard InChI is InChI=1S/C27H31NO6/c1-20-18-21-6-2-3-7-22(21)19-28(25-9-5-4-8-24(20)25)26(30)11-10-23(29)12-14-33-16-17-34-15-13-27(31)32/h2-9,18H,10-17,19H2,1H3,(H,31,32)/b20-18-. The van der Waals surface area contributed by atoms with E-state index in [4.69, 9.17) is 14.6 Å². The number of carboxylic acid groups (broad SMARTS) is 1. The number of allylic oxidation sites excluding steroid dienone is 1. The van der Waals surface area contributed by atoms with Gasteiger partial charge in [-0.3, -0.25) is 14.4 Å². The van der Waals surface area contributed by atoms with E-state index in [0.717, 1.165) is 28.0 Å². The van der Waals surface area contributed by atoms with Crippen molar-refractivity contribution < 1.29 is 29.0 Å². The maximum atomic E-state index is 13.2. The first-order chi connectivity index (χ1) is 16.5. The number of amides is 1. The molecular formula is C27H31NO6. The molecule has 7 heteroatoms. The van der Waals surface area contributed by atoms with Gasteiger partial charge >= 0.3 is 5.97 Å². The quantitative estimate of drug-likeness (QED) is 0.469. The predicted octanol–water partition coefficient (Wildman–Crippen LogP) is 4.34. The lowest BCUT2D eigenvalue weighted by Crippen LogP contribution is -2.32. The van der Waals surface area contributed by atoms with Gasteiger partial charge in [-0.05, 0) is 29.7 Å². The molecule has 1 aliphatic heterocycles. The number of para-hydroxylation sites is 1. The molecule has 0 radical (unpaired) electrons. The van der Waals surface area contributed by atoms with Crippen LogP contribution in [0.5, 0.6) is 0 Å². The Balaban J connectivity index is 1.52. The number of carbonyl (C=O) groups excluding carboxylic acids is 2. The topological polar surface area (TPSA) is 93.1 Å². The second kappa shape index (κ2) is 12.8. The molecule has 0 saturated heterocycles. The highest BCUT2D eigenvalue weighted by Crippen LogP contribution is 2.33. The average Bonchev–Trinajstić information content (AvgIpc) is 2.82. The normalized spacial score (nSPS) is 14.3. The van der Waals surface area contributed by atoms with Crippen molar-refractivity contribution in [2.24, 2.45) is 0 Å². The van der Waals surface area contributed by atoms with Crippen LogP contribution in [0.1, 0.15) is 49.3 Å². The van der Waals surface area contributed by atoms with Gasteiger partial charge in [0.15, 0.2) is 0 Å². The molecule has 1 heterocycles. The van der Waals surface area contributed by atoms with Crippen LogP contribution >= 0.6 is 0 Å². The Morgan fingerprint density at radius 2 is 1.53 bits per heavy atom. The van der Waals surface area contributed by atoms with Gasteiger partial charge < -0.3 is 19.5 Å². The van der Waals surface area contributed by atoms with Gasteiger partial charge in [-0.25, -0.2) is 0 Å². The van der Waals surface area contributed by atoms with Crippen molar-refractivity contribution in [2.45, 2.75) is 39.2 Å². The number of Topliss-reactive ketones (excluding diaryl/α,β-unsaturated/α-hetero) is 1. The van der Waals surface area contributed by atoms with Gasteiger partial charge in [0.1, 0.15) is 5.78 Å². The molecule has 1 N–H and O–H groups in total. The monoisotopic (exact) mass is 465 g/mol. The van der Waals surface area contributed by atoms with E-state index in [1.165, 1.54) is 0 Å². The molecule has 0 saturated carbocycles. The van der Waals surface area contributed by atoms with Gasteiger partial charge in [-0.15, -0.1) is 0 Å². The lowest BCUT2D eigenvalue weighted by atomic mass is 9.96. The van der Waals surface area contributed by atoms with Gasteiger partial charge in [-0.2, -0.15) is 0 Å². The minimum atomic E-state index is -0.906. The Morgan fingerprint density at radius 3 is 2.29 bits per heavy atom. The largest absolute Gasteiger partial charge is 0.481 e. The molecule has 3 rings (SSSR count). The van der Waals surface area contributed by atoms with Crippen LogP contribution in [0.15, 0.2) is 48.5 Å². The Kier molecular flexibility index (Phi) is 9.55. The van der Waals surface area contributed by atoms with Crippen molar-refractivity contribution in [2.75, 3.05) is 31.3 Å². The first kappa shape index (κ1) is 25.3. The van der Waals surface area contributed by atoms with Crippen LogP contribution in [-0.2, 0) is 30.4 Å². The zero-order chi connectivity index (χ0) is 24.3. The molecule has 7 nitrogen and oxygen atoms in total. The van der Waals surface area contributed by atoms with Gasteiger partial charge in [-0.1, -0.05) is 48.5 Å². The zero-order valence-corrected chi connectivity index (χ0v) is 19.5. The third-order valence-electron chi connectivity index (χ3n) is 5.65. The third-order valence-corrected chi connectivity index (χ3v) is 5.65. The maximum Gasteiger partial charge on any atom is 0.305 e. The minimum absolute atomic E-state index is 0.0306. The summed E-state index contributed by atoms with van der Waals surface area (Å²) in [5, 5.41) is 8.54. The summed E-state index contributed by atoms with van der Waals surface area (Å²) >= 11 is 0. The van der Waals surface area contributed by atoms with E-state index in [1.54, 1.807) is 4.90 Å². The van der Waals surface area contributed by atoms with Crippen molar-refractivity contribution >= 4 is 35.0 Å². The number of nitrogens with zero attached hydrogens (tertiary/aromatic N) is 1. The Hall–Kier alpha value is -3.29. The number of benzene rings is 2. The van der Waals surface area contributed by atoms with Crippen molar-refractivity contribution in [1.82, 2.24) is 0 Å². The summed E-state index contributed by atoms with van der Waals surface area (Å²) < 4.78 is 10.5. The van der Waals surface area contributed by atoms with E-state index in [9.17, 15) is 14.4 Å². The lowest BCUT2D eigenvalue weighted by Gasteiger charge is -2.28. The van der Waals surface area contributed by atoms with Gasteiger partial charge in [0.2, 0.25) is 5.91 Å². The molecule has 0 aromatic heterocycles. The summed E-state index contributed by atoms with van der Waals surface area (Å²) in [6, 6.07) is 15.9. The van der Waals surface area contributed by atoms with Gasteiger partial charge in [0.25, 0.3) is 0 Å². The number of hydrogen-bond donors (Lipinski definition) is 1. The highest BCUT2D eigenvalue weighted by molar-refractivity contribution is 6.00. The SMILES string of the molecule is C/C1=C/c2ccccc2CN(C(=O)CCC(=O)CCOCCOCCC(=O)O)c2ccccc21. The van der Waals surface area contributed by atoms with E-state index in [-0.39, 0.29) is 57.2 Å². The molecule has 2 aromatic carbocycles. The average molecular weight is 466 g/mol. The number of rotatable bonds is 12. The summed E-state index contributed by atoms with van der Waals surface area (Å²) in [5.74, 6) is -1.02. The first-order valence-electron chi connectivity index (χ1n) is 11.5. The number of ketones is 1. The van der Waals surface area contributed by atoms with Crippen LogP contribution < -0.4 is 4.90 Å². The van der Waals surface area contributed by atoms with E-state index in [1.807, 2.05) is 49.4 Å². The fourth-order valence-electron chi connectivity index (χ4n) is 3.82. The predicted molar refractivity (Wildman–Crippen MR) is 130 cm³/mol. The second-order valence-corrected chi connectivity index (χ2v) is 8.18. The van der Waals surface area contributed by atoms with E-state index in [0.29, 0.717) is 13.2 Å². The fourth-order valence-corrected chi connectivity index (χ4v) is 3.82. The van der Waals surface area contributed by atoms with Crippen LogP contribution in [0, 0.1) is 0 Å². The summed E-state index contributed by atoms with van der Waals surface area (Å²) in [6.07, 6.45) is 2.62. The van der Waals surface area contributed by atoms with Crippen molar-refractivity contribution in [3.05, 3.63) is 65.2 Å². The molecular weight excluding hydrogens is 434 g/mol. The molecule has 0 unspecified atom stereocenters. The summed E-state index contributed by atoms with van der Waals surface area (Å²) in [5.41, 5.74) is 5.10. The Labute approximate surface area is 200 Å². The molecule has 1 aliphatic rings. The van der Waals surface area contributed by atoms with Crippen LogP contribution in [0.3, 0.4) is 0 Å². The maximum absolute atomic E-state index is 13.2. The Bertz CT molecular complexity index is 1040. The molecule has 2 aromatic rings. The number of aliphatic carboxylic acids is 1. The van der Waals surface area contributed by atoms with E-state index in [2.05, 4.69) is 12.1 Å². The molecule has 0 fully saturated rings. The van der Waals surface area contributed by atoms with Crippen molar-refractivity contribution in [1.29, 1.82) is 0 Å². The summed E-state index contributed by atoms with van der Waals surface area (Å²) in [6.45, 7) is 3.46. The van der Waals surface area contributed by atoms with Crippen molar-refractivity contribution in [3.8, 4) is 0 Å². The Morgan fingerprint density at radius 1 is 0.853 bits per heavy atom. The summed E-state index contributed by atoms with van der Waals surface area (Å²) in [4.78, 5) is 37.7. The molecule has 0 spiro atoms. The smallest absolute Gasteiger partial charge is 0.305 e. The van der Waals surface area contributed by atoms with Crippen LogP contribution in [0.2, 0.25) is 0 Å². The summed E-state index contributed by atoms with van der Waals surface area (Å²) in [7, 11) is 0. The van der Waals surface area contributed by atoms with Crippen LogP contribution in [0.25, 0.3) is 11.6 Å². The van der Waals surface area contributed by atoms with Gasteiger partial charge in [0, 0.05) is 24.8 Å². The first-order valence-corrected chi connectivity index (χ1v) is 11.5. The van der Waals surface area contributed by atoms with E-state index >= 15 is 0 Å². The number of ether oxygens (including phenoxy) is 2. The number of hydrogen-bond acceptors (Lipinski definition) is 5. The highest BCUT2D eigenvalue weighted by atomic mass is 16.5. The van der Waals surface area contributed by atoms with E-state index < -0.39 is 5.97 Å². The number of carboxylic acids is 1. The molecule has 0 aliphatic carbocycles. The fraction of sp³-hybridized carbons (Fsp3) is 0.370. The molecule has 1 amide bonds. The van der Waals surface area contributed by atoms with Crippen LogP contribution in [0.4, 0.5) is 5.69 Å². The molecule has 180 valence electrons. The number of anilines is 1. The number of carbonyl (C=O) groups is 3. The molecule has 34 heavy (non-hydrogen) atoms. The zero-order valence-electron chi connectivity index (χ0n) is 19.5. The second-order valence-electron chi connectivity index (χ2n) is 8.18. The van der Waals surface area contributed by atoms with Crippen LogP contribution in [-0.4, -0.2) is 49.2 Å². The third kappa shape index (κ3) is 7.37. The minimum Gasteiger partial charge on any atom is -0.481 e. The van der Waals surface area contributed by atoms with Gasteiger partial charge in [0.05, 0.1) is 45.1 Å². The highest BCUT2D eigenvalue weighted by Gasteiger charge is 2.22. The lowest BCUT2D eigenvalue weighted by molar-refractivity contribution is -0.138. The van der Waals surface area contributed by atoms with Crippen molar-refractivity contribution in [3.63, 3.8) is 0 Å².